The van der Waals surface area contributed by atoms with Gasteiger partial charge < -0.3 is 19.3 Å². The number of nitrogens with one attached hydrogen (secondary N) is 1. The van der Waals surface area contributed by atoms with Crippen LogP contribution in [0.5, 0.6) is 0 Å². The van der Waals surface area contributed by atoms with E-state index in [1.54, 1.807) is 25.1 Å². The highest BCUT2D eigenvalue weighted by molar-refractivity contribution is 9.10. The molecule has 3 aromatic rings. The summed E-state index contributed by atoms with van der Waals surface area (Å²) in [6.45, 7) is 1.59. The molecule has 0 unspecified atom stereocenters. The molecule has 1 atom stereocenters. The summed E-state index contributed by atoms with van der Waals surface area (Å²) in [4.78, 5) is 11.9. The second kappa shape index (κ2) is 5.62. The highest BCUT2D eigenvalue weighted by Gasteiger charge is 2.28. The molecule has 0 spiro atoms. The van der Waals surface area contributed by atoms with Crippen LogP contribution in [-0.4, -0.2) is 17.6 Å². The second-order valence-corrected chi connectivity index (χ2v) is 5.99. The van der Waals surface area contributed by atoms with Gasteiger partial charge in [0.2, 0.25) is 0 Å². The monoisotopic (exact) mass is 363 g/mol. The molecule has 2 N–H and O–H groups in total. The maximum atomic E-state index is 11.9. The van der Waals surface area contributed by atoms with Crippen LogP contribution in [0.4, 0.5) is 0 Å². The van der Waals surface area contributed by atoms with Crippen molar-refractivity contribution in [2.75, 3.05) is 6.54 Å². The summed E-state index contributed by atoms with van der Waals surface area (Å²) in [6, 6.07) is 12.4. The van der Waals surface area contributed by atoms with Crippen LogP contribution >= 0.6 is 15.9 Å². The molecule has 2 heterocycles. The number of aliphatic hydroxyl groups is 1. The Labute approximate surface area is 135 Å². The first-order chi connectivity index (χ1) is 10.5. The van der Waals surface area contributed by atoms with Crippen molar-refractivity contribution >= 4 is 32.8 Å². The predicted octanol–water partition coefficient (Wildman–Crippen LogP) is 3.43. The molecule has 6 heteroatoms. The quantitative estimate of drug-likeness (QED) is 0.744. The molecule has 5 nitrogen and oxygen atoms in total. The first-order valence-electron chi connectivity index (χ1n) is 6.71. The van der Waals surface area contributed by atoms with Crippen LogP contribution in [0.25, 0.3) is 11.0 Å². The number of carbonyl (C=O) groups excluding carboxylic acids is 1. The number of hydrogen-bond acceptors (Lipinski definition) is 4. The third-order valence-corrected chi connectivity index (χ3v) is 3.77. The highest BCUT2D eigenvalue weighted by atomic mass is 79.9. The normalized spacial score (nSPS) is 14.0. The zero-order valence-electron chi connectivity index (χ0n) is 11.8. The molecule has 22 heavy (non-hydrogen) atoms. The van der Waals surface area contributed by atoms with Crippen LogP contribution in [-0.2, 0) is 5.60 Å². The fraction of sp³-hybridized carbons (Fsp3) is 0.188. The van der Waals surface area contributed by atoms with Crippen molar-refractivity contribution in [3.63, 3.8) is 0 Å². The van der Waals surface area contributed by atoms with Gasteiger partial charge in [-0.05, 0) is 47.1 Å². The van der Waals surface area contributed by atoms with Crippen molar-refractivity contribution in [2.45, 2.75) is 12.5 Å². The lowest BCUT2D eigenvalue weighted by molar-refractivity contribution is 0.0340. The Kier molecular flexibility index (Phi) is 3.80. The Hall–Kier alpha value is -2.05. The topological polar surface area (TPSA) is 75.6 Å². The van der Waals surface area contributed by atoms with Crippen LogP contribution in [0.3, 0.4) is 0 Å². The molecule has 0 aliphatic heterocycles. The zero-order chi connectivity index (χ0) is 15.7. The standard InChI is InChI=1S/C16H14BrNO4/c1-16(20,9-18-15(19)12-6-7-14(17)22-12)13-8-10-4-2-3-5-11(10)21-13/h2-8,20H,9H2,1H3,(H,18,19)/t16-/m1/s1. The number of rotatable bonds is 4. The predicted molar refractivity (Wildman–Crippen MR) is 84.5 cm³/mol. The van der Waals surface area contributed by atoms with E-state index in [2.05, 4.69) is 21.2 Å². The van der Waals surface area contributed by atoms with E-state index in [1.807, 2.05) is 24.3 Å². The highest BCUT2D eigenvalue weighted by Crippen LogP contribution is 2.27. The average Bonchev–Trinajstić information content (AvgIpc) is 3.11. The van der Waals surface area contributed by atoms with E-state index in [1.165, 1.54) is 0 Å². The third-order valence-electron chi connectivity index (χ3n) is 3.35. The van der Waals surface area contributed by atoms with E-state index < -0.39 is 11.5 Å². The van der Waals surface area contributed by atoms with Crippen LogP contribution in [0.2, 0.25) is 0 Å². The zero-order valence-corrected chi connectivity index (χ0v) is 13.4. The lowest BCUT2D eigenvalue weighted by Crippen LogP contribution is -2.38. The van der Waals surface area contributed by atoms with Crippen molar-refractivity contribution in [2.24, 2.45) is 0 Å². The summed E-state index contributed by atoms with van der Waals surface area (Å²) in [5, 5.41) is 14.1. The van der Waals surface area contributed by atoms with Crippen LogP contribution in [0.1, 0.15) is 23.2 Å². The Morgan fingerprint density at radius 3 is 2.73 bits per heavy atom. The van der Waals surface area contributed by atoms with Crippen LogP contribution in [0, 0.1) is 0 Å². The smallest absolute Gasteiger partial charge is 0.287 e. The molecular formula is C16H14BrNO4. The van der Waals surface area contributed by atoms with E-state index in [-0.39, 0.29) is 12.3 Å². The molecule has 114 valence electrons. The minimum Gasteiger partial charge on any atom is -0.458 e. The van der Waals surface area contributed by atoms with Gasteiger partial charge in [0, 0.05) is 5.39 Å². The fourth-order valence-electron chi connectivity index (χ4n) is 2.11. The lowest BCUT2D eigenvalue weighted by Gasteiger charge is -2.20. The van der Waals surface area contributed by atoms with Crippen molar-refractivity contribution in [3.05, 3.63) is 58.7 Å². The third kappa shape index (κ3) is 2.93. The Morgan fingerprint density at radius 2 is 2.05 bits per heavy atom. The summed E-state index contributed by atoms with van der Waals surface area (Å²) >= 11 is 3.14. The number of amides is 1. The summed E-state index contributed by atoms with van der Waals surface area (Å²) in [7, 11) is 0. The Balaban J connectivity index is 1.74. The van der Waals surface area contributed by atoms with Gasteiger partial charge in [-0.1, -0.05) is 18.2 Å². The van der Waals surface area contributed by atoms with Gasteiger partial charge in [0.05, 0.1) is 6.54 Å². The van der Waals surface area contributed by atoms with Gasteiger partial charge in [-0.3, -0.25) is 4.79 Å². The van der Waals surface area contributed by atoms with E-state index >= 15 is 0 Å². The molecule has 1 amide bonds. The second-order valence-electron chi connectivity index (χ2n) is 5.21. The van der Waals surface area contributed by atoms with Crippen molar-refractivity contribution in [3.8, 4) is 0 Å². The van der Waals surface area contributed by atoms with Gasteiger partial charge >= 0.3 is 0 Å². The van der Waals surface area contributed by atoms with Gasteiger partial charge in [-0.15, -0.1) is 0 Å². The SMILES string of the molecule is C[C@@](O)(CNC(=O)c1ccc(Br)o1)c1cc2ccccc2o1. The largest absolute Gasteiger partial charge is 0.458 e. The maximum absolute atomic E-state index is 11.9. The van der Waals surface area contributed by atoms with Crippen LogP contribution in [0.15, 0.2) is 56.0 Å². The van der Waals surface area contributed by atoms with Gasteiger partial charge in [0.1, 0.15) is 16.9 Å². The molecular weight excluding hydrogens is 350 g/mol. The first-order valence-corrected chi connectivity index (χ1v) is 7.50. The summed E-state index contributed by atoms with van der Waals surface area (Å²) in [5.41, 5.74) is -0.627. The summed E-state index contributed by atoms with van der Waals surface area (Å²) in [6.07, 6.45) is 0. The number of fused-ring (bicyclic) bond motifs is 1. The molecule has 0 bridgehead atoms. The van der Waals surface area contributed by atoms with Crippen LogP contribution < -0.4 is 5.32 Å². The van der Waals surface area contributed by atoms with E-state index in [0.717, 1.165) is 5.39 Å². The molecule has 0 saturated carbocycles. The Morgan fingerprint density at radius 1 is 1.27 bits per heavy atom. The maximum Gasteiger partial charge on any atom is 0.287 e. The number of hydrogen-bond donors (Lipinski definition) is 2. The molecule has 1 aromatic carbocycles. The van der Waals surface area contributed by atoms with Crippen molar-refractivity contribution in [1.82, 2.24) is 5.32 Å². The van der Waals surface area contributed by atoms with E-state index in [0.29, 0.717) is 16.0 Å². The molecule has 0 aliphatic carbocycles. The van der Waals surface area contributed by atoms with Crippen molar-refractivity contribution in [1.29, 1.82) is 0 Å². The van der Waals surface area contributed by atoms with Crippen molar-refractivity contribution < 1.29 is 18.7 Å². The number of carbonyl (C=O) groups is 1. The molecule has 2 aromatic heterocycles. The lowest BCUT2D eigenvalue weighted by atomic mass is 10.0. The number of furan rings is 2. The molecule has 0 fully saturated rings. The minimum absolute atomic E-state index is 0.00394. The molecule has 3 rings (SSSR count). The molecule has 0 saturated heterocycles. The van der Waals surface area contributed by atoms with Gasteiger partial charge in [-0.25, -0.2) is 0 Å². The van der Waals surface area contributed by atoms with Gasteiger partial charge in [0.15, 0.2) is 10.4 Å². The summed E-state index contributed by atoms with van der Waals surface area (Å²) in [5.74, 6) is 0.170. The molecule has 0 aliphatic rings. The molecule has 0 radical (unpaired) electrons. The number of halogens is 1. The summed E-state index contributed by atoms with van der Waals surface area (Å²) < 4.78 is 11.3. The first kappa shape index (κ1) is 14.9. The van der Waals surface area contributed by atoms with E-state index in [4.69, 9.17) is 8.83 Å². The average molecular weight is 364 g/mol. The Bertz CT molecular complexity index is 785. The number of benzene rings is 1. The van der Waals surface area contributed by atoms with Gasteiger partial charge in [-0.2, -0.15) is 0 Å². The minimum atomic E-state index is -1.32. The fourth-order valence-corrected chi connectivity index (χ4v) is 2.42. The van der Waals surface area contributed by atoms with E-state index in [9.17, 15) is 9.90 Å². The number of para-hydroxylation sites is 1. The van der Waals surface area contributed by atoms with Gasteiger partial charge in [0.25, 0.3) is 5.91 Å².